The monoisotopic (exact) mass is 255 g/mol. The maximum Gasteiger partial charge on any atom is 0.0762 e. The summed E-state index contributed by atoms with van der Waals surface area (Å²) in [4.78, 5) is 0. The summed E-state index contributed by atoms with van der Waals surface area (Å²) in [7, 11) is 0. The van der Waals surface area contributed by atoms with Crippen LogP contribution in [0.2, 0.25) is 0 Å². The zero-order chi connectivity index (χ0) is 12.9. The molecule has 1 saturated carbocycles. The fourth-order valence-electron chi connectivity index (χ4n) is 2.77. The van der Waals surface area contributed by atoms with E-state index in [-0.39, 0.29) is 0 Å². The highest BCUT2D eigenvalue weighted by molar-refractivity contribution is 5.14. The number of aromatic nitrogens is 2. The van der Waals surface area contributed by atoms with Crippen LogP contribution in [-0.2, 0) is 13.1 Å². The van der Waals surface area contributed by atoms with Crippen LogP contribution in [-0.4, -0.2) is 9.78 Å². The molecule has 3 nitrogen and oxygen atoms in total. The summed E-state index contributed by atoms with van der Waals surface area (Å²) in [5, 5.41) is 8.12. The SMILES string of the molecule is c1ccc(CNCc2ccn(C3CCCC3)n2)cc1. The minimum absolute atomic E-state index is 0.642. The van der Waals surface area contributed by atoms with Crippen LogP contribution in [0, 0.1) is 0 Å². The van der Waals surface area contributed by atoms with Crippen LogP contribution in [0.4, 0.5) is 0 Å². The van der Waals surface area contributed by atoms with Gasteiger partial charge in [-0.1, -0.05) is 43.2 Å². The topological polar surface area (TPSA) is 29.9 Å². The third-order valence-electron chi connectivity index (χ3n) is 3.84. The molecule has 1 fully saturated rings. The molecule has 1 aliphatic rings. The molecule has 0 atom stereocenters. The predicted molar refractivity (Wildman–Crippen MR) is 76.7 cm³/mol. The molecule has 1 N–H and O–H groups in total. The molecule has 0 radical (unpaired) electrons. The van der Waals surface area contributed by atoms with Crippen molar-refractivity contribution >= 4 is 0 Å². The van der Waals surface area contributed by atoms with Crippen molar-refractivity contribution in [3.8, 4) is 0 Å². The summed E-state index contributed by atoms with van der Waals surface area (Å²) >= 11 is 0. The first-order valence-corrected chi connectivity index (χ1v) is 7.20. The lowest BCUT2D eigenvalue weighted by Crippen LogP contribution is -2.14. The third-order valence-corrected chi connectivity index (χ3v) is 3.84. The van der Waals surface area contributed by atoms with Gasteiger partial charge < -0.3 is 5.32 Å². The summed E-state index contributed by atoms with van der Waals surface area (Å²) in [6.45, 7) is 1.74. The normalized spacial score (nSPS) is 16.0. The molecule has 1 heterocycles. The lowest BCUT2D eigenvalue weighted by Gasteiger charge is -2.09. The Hall–Kier alpha value is -1.61. The molecule has 0 bridgehead atoms. The van der Waals surface area contributed by atoms with Crippen molar-refractivity contribution in [2.45, 2.75) is 44.8 Å². The van der Waals surface area contributed by atoms with Gasteiger partial charge in [-0.25, -0.2) is 0 Å². The summed E-state index contributed by atoms with van der Waals surface area (Å²) in [6, 6.07) is 13.3. The number of benzene rings is 1. The molecule has 19 heavy (non-hydrogen) atoms. The summed E-state index contributed by atoms with van der Waals surface area (Å²) < 4.78 is 2.16. The van der Waals surface area contributed by atoms with Gasteiger partial charge in [-0.3, -0.25) is 4.68 Å². The quantitative estimate of drug-likeness (QED) is 0.888. The highest BCUT2D eigenvalue weighted by Gasteiger charge is 2.17. The molecule has 0 spiro atoms. The molecule has 2 aromatic rings. The zero-order valence-corrected chi connectivity index (χ0v) is 11.3. The second-order valence-electron chi connectivity index (χ2n) is 5.31. The maximum absolute atomic E-state index is 4.68. The first kappa shape index (κ1) is 12.4. The molecule has 0 unspecified atom stereocenters. The molecular weight excluding hydrogens is 234 g/mol. The van der Waals surface area contributed by atoms with E-state index < -0.39 is 0 Å². The summed E-state index contributed by atoms with van der Waals surface area (Å²) in [5.74, 6) is 0. The second kappa shape index (κ2) is 6.02. The summed E-state index contributed by atoms with van der Waals surface area (Å²) in [6.07, 6.45) is 7.42. The molecule has 3 heteroatoms. The molecule has 1 aliphatic carbocycles. The van der Waals surface area contributed by atoms with Gasteiger partial charge in [0.2, 0.25) is 0 Å². The van der Waals surface area contributed by atoms with Crippen molar-refractivity contribution < 1.29 is 0 Å². The molecular formula is C16H21N3. The third kappa shape index (κ3) is 3.24. The van der Waals surface area contributed by atoms with Crippen LogP contribution in [0.3, 0.4) is 0 Å². The van der Waals surface area contributed by atoms with Gasteiger partial charge in [-0.05, 0) is 24.5 Å². The van der Waals surface area contributed by atoms with E-state index in [0.29, 0.717) is 6.04 Å². The average Bonchev–Trinajstić information content (AvgIpc) is 3.10. The molecule has 0 aliphatic heterocycles. The van der Waals surface area contributed by atoms with E-state index in [1.54, 1.807) is 0 Å². The Labute approximate surface area is 114 Å². The standard InChI is InChI=1S/C16H21N3/c1-2-6-14(7-3-1)12-17-13-15-10-11-19(18-15)16-8-4-5-9-16/h1-3,6-7,10-11,16-17H,4-5,8-9,12-13H2. The Balaban J connectivity index is 1.50. The smallest absolute Gasteiger partial charge is 0.0762 e. The van der Waals surface area contributed by atoms with Gasteiger partial charge in [0.25, 0.3) is 0 Å². The van der Waals surface area contributed by atoms with Crippen LogP contribution in [0.1, 0.15) is 43.0 Å². The molecule has 0 saturated heterocycles. The molecule has 1 aromatic heterocycles. The van der Waals surface area contributed by atoms with Crippen LogP contribution in [0.5, 0.6) is 0 Å². The Kier molecular flexibility index (Phi) is 3.94. The van der Waals surface area contributed by atoms with E-state index >= 15 is 0 Å². The van der Waals surface area contributed by atoms with Crippen molar-refractivity contribution in [1.82, 2.24) is 15.1 Å². The van der Waals surface area contributed by atoms with Gasteiger partial charge >= 0.3 is 0 Å². The Morgan fingerprint density at radius 2 is 1.84 bits per heavy atom. The second-order valence-corrected chi connectivity index (χ2v) is 5.31. The van der Waals surface area contributed by atoms with Crippen molar-refractivity contribution in [2.75, 3.05) is 0 Å². The predicted octanol–water partition coefficient (Wildman–Crippen LogP) is 3.29. The number of hydrogen-bond donors (Lipinski definition) is 1. The fraction of sp³-hybridized carbons (Fsp3) is 0.438. The largest absolute Gasteiger partial charge is 0.307 e. The molecule has 100 valence electrons. The van der Waals surface area contributed by atoms with Gasteiger partial charge in [0.05, 0.1) is 11.7 Å². The van der Waals surface area contributed by atoms with E-state index in [1.807, 2.05) is 6.07 Å². The van der Waals surface area contributed by atoms with Gasteiger partial charge in [-0.15, -0.1) is 0 Å². The number of nitrogens with zero attached hydrogens (tertiary/aromatic N) is 2. The lowest BCUT2D eigenvalue weighted by molar-refractivity contribution is 0.461. The van der Waals surface area contributed by atoms with Gasteiger partial charge in [0, 0.05) is 19.3 Å². The van der Waals surface area contributed by atoms with E-state index in [9.17, 15) is 0 Å². The van der Waals surface area contributed by atoms with Crippen molar-refractivity contribution in [3.63, 3.8) is 0 Å². The van der Waals surface area contributed by atoms with Crippen molar-refractivity contribution in [3.05, 3.63) is 53.9 Å². The minimum Gasteiger partial charge on any atom is -0.307 e. The van der Waals surface area contributed by atoms with Gasteiger partial charge in [0.15, 0.2) is 0 Å². The Morgan fingerprint density at radius 1 is 1.05 bits per heavy atom. The average molecular weight is 255 g/mol. The summed E-state index contributed by atoms with van der Waals surface area (Å²) in [5.41, 5.74) is 2.46. The van der Waals surface area contributed by atoms with Gasteiger partial charge in [-0.2, -0.15) is 5.10 Å². The van der Waals surface area contributed by atoms with Crippen molar-refractivity contribution in [1.29, 1.82) is 0 Å². The molecule has 1 aromatic carbocycles. The van der Waals surface area contributed by atoms with Crippen LogP contribution < -0.4 is 5.32 Å². The minimum atomic E-state index is 0.642. The van der Waals surface area contributed by atoms with E-state index in [2.05, 4.69) is 51.6 Å². The van der Waals surface area contributed by atoms with Gasteiger partial charge in [0.1, 0.15) is 0 Å². The molecule has 0 amide bonds. The van der Waals surface area contributed by atoms with Crippen LogP contribution in [0.25, 0.3) is 0 Å². The highest BCUT2D eigenvalue weighted by atomic mass is 15.3. The highest BCUT2D eigenvalue weighted by Crippen LogP contribution is 2.28. The number of nitrogens with one attached hydrogen (secondary N) is 1. The Bertz CT molecular complexity index is 498. The Morgan fingerprint density at radius 3 is 2.63 bits per heavy atom. The van der Waals surface area contributed by atoms with Crippen molar-refractivity contribution in [2.24, 2.45) is 0 Å². The van der Waals surface area contributed by atoms with Crippen LogP contribution in [0.15, 0.2) is 42.6 Å². The van der Waals surface area contributed by atoms with E-state index in [4.69, 9.17) is 0 Å². The van der Waals surface area contributed by atoms with E-state index in [1.165, 1.54) is 31.2 Å². The maximum atomic E-state index is 4.68. The fourth-order valence-corrected chi connectivity index (χ4v) is 2.77. The first-order valence-electron chi connectivity index (χ1n) is 7.20. The van der Waals surface area contributed by atoms with E-state index in [0.717, 1.165) is 18.8 Å². The first-order chi connectivity index (χ1) is 9.42. The zero-order valence-electron chi connectivity index (χ0n) is 11.3. The lowest BCUT2D eigenvalue weighted by atomic mass is 10.2. The number of rotatable bonds is 5. The number of hydrogen-bond acceptors (Lipinski definition) is 2. The van der Waals surface area contributed by atoms with Crippen LogP contribution >= 0.6 is 0 Å². The molecule has 3 rings (SSSR count).